The molecule has 8 nitrogen and oxygen atoms in total. The Labute approximate surface area is 454 Å². The summed E-state index contributed by atoms with van der Waals surface area (Å²) in [5.41, 5.74) is 0. The molecule has 73 heavy (non-hydrogen) atoms. The highest BCUT2D eigenvalue weighted by Crippen LogP contribution is 2.43. The Morgan fingerprint density at radius 3 is 1.18 bits per heavy atom. The summed E-state index contributed by atoms with van der Waals surface area (Å²) in [6.07, 6.45) is 74.1. The van der Waals surface area contributed by atoms with E-state index in [1.165, 1.54) is 238 Å². The number of likely N-dealkylation sites (N-methyl/N-ethyl adjacent to an activating group) is 1. The van der Waals surface area contributed by atoms with Gasteiger partial charge in [0.25, 0.3) is 0 Å². The van der Waals surface area contributed by atoms with Crippen molar-refractivity contribution in [3.05, 3.63) is 48.6 Å². The molecule has 0 heterocycles. The van der Waals surface area contributed by atoms with Crippen LogP contribution in [-0.4, -0.2) is 73.4 Å². The number of carbonyl (C=O) groups excluding carboxylic acids is 1. The maximum Gasteiger partial charge on any atom is 0.472 e. The molecule has 0 saturated heterocycles. The molecule has 0 saturated carbocycles. The van der Waals surface area contributed by atoms with E-state index in [0.717, 1.165) is 44.9 Å². The van der Waals surface area contributed by atoms with E-state index in [4.69, 9.17) is 9.05 Å². The monoisotopic (exact) mass is 1050 g/mol. The lowest BCUT2D eigenvalue weighted by atomic mass is 10.0. The second kappa shape index (κ2) is 55.2. The van der Waals surface area contributed by atoms with E-state index in [-0.39, 0.29) is 19.1 Å². The van der Waals surface area contributed by atoms with E-state index in [9.17, 15) is 19.4 Å². The van der Waals surface area contributed by atoms with E-state index in [2.05, 4.69) is 55.6 Å². The predicted octanol–water partition coefficient (Wildman–Crippen LogP) is 19.5. The fourth-order valence-corrected chi connectivity index (χ4v) is 10.1. The number of hydrogen-bond acceptors (Lipinski definition) is 5. The highest BCUT2D eigenvalue weighted by molar-refractivity contribution is 7.47. The molecule has 0 bridgehead atoms. The number of nitrogens with zero attached hydrogens (tertiary/aromatic N) is 1. The van der Waals surface area contributed by atoms with Crippen molar-refractivity contribution in [2.24, 2.45) is 0 Å². The first-order valence-corrected chi connectivity index (χ1v) is 33.0. The molecule has 0 aromatic heterocycles. The van der Waals surface area contributed by atoms with Gasteiger partial charge in [-0.1, -0.05) is 281 Å². The zero-order valence-corrected chi connectivity index (χ0v) is 50.0. The number of nitrogens with one attached hydrogen (secondary N) is 1. The van der Waals surface area contributed by atoms with Gasteiger partial charge >= 0.3 is 7.82 Å². The molecule has 0 aliphatic carbocycles. The standard InChI is InChI=1S/C64H123N2O6P/c1-6-8-10-12-14-16-18-20-21-22-23-24-25-26-27-28-29-30-31-32-33-34-35-36-37-38-39-40-41-42-43-44-45-46-48-50-52-54-56-58-64(68)65-62(61-72-73(69,70)71-60-59-66(3,4)5)63(67)57-55-53-51-49-47-19-17-15-13-11-9-7-2/h18,20,22-23,47,49,55,57,62-63,67H,6-17,19,21,24-46,48,50-54,56,58-61H2,1-5H3,(H-,65,68,69,70)/p+1/b20-18-,23-22-,49-47+,57-55+. The van der Waals surface area contributed by atoms with Crippen molar-refractivity contribution in [3.8, 4) is 0 Å². The van der Waals surface area contributed by atoms with E-state index < -0.39 is 20.0 Å². The predicted molar refractivity (Wildman–Crippen MR) is 318 cm³/mol. The van der Waals surface area contributed by atoms with Crippen LogP contribution in [0.1, 0.15) is 303 Å². The molecule has 1 amide bonds. The molecule has 0 aromatic rings. The van der Waals surface area contributed by atoms with Crippen LogP contribution in [0.15, 0.2) is 48.6 Å². The van der Waals surface area contributed by atoms with Gasteiger partial charge in [0.15, 0.2) is 0 Å². The van der Waals surface area contributed by atoms with Gasteiger partial charge in [0.2, 0.25) is 5.91 Å². The first-order valence-electron chi connectivity index (χ1n) is 31.5. The maximum absolute atomic E-state index is 13.0. The van der Waals surface area contributed by atoms with Crippen molar-refractivity contribution < 1.29 is 32.9 Å². The van der Waals surface area contributed by atoms with Crippen LogP contribution < -0.4 is 5.32 Å². The normalized spacial score (nSPS) is 14.1. The van der Waals surface area contributed by atoms with E-state index >= 15 is 0 Å². The highest BCUT2D eigenvalue weighted by Gasteiger charge is 2.27. The second-order valence-electron chi connectivity index (χ2n) is 22.8. The average Bonchev–Trinajstić information content (AvgIpc) is 3.35. The fourth-order valence-electron chi connectivity index (χ4n) is 9.33. The van der Waals surface area contributed by atoms with Crippen molar-refractivity contribution in [1.82, 2.24) is 5.32 Å². The Bertz CT molecular complexity index is 1330. The molecule has 0 aliphatic rings. The molecule has 430 valence electrons. The topological polar surface area (TPSA) is 105 Å². The van der Waals surface area contributed by atoms with Crippen LogP contribution in [0.5, 0.6) is 0 Å². The Kier molecular flexibility index (Phi) is 54.1. The maximum atomic E-state index is 13.0. The second-order valence-corrected chi connectivity index (χ2v) is 24.2. The molecule has 3 atom stereocenters. The van der Waals surface area contributed by atoms with Gasteiger partial charge in [0, 0.05) is 6.42 Å². The van der Waals surface area contributed by atoms with Crippen LogP contribution >= 0.6 is 7.82 Å². The van der Waals surface area contributed by atoms with Crippen molar-refractivity contribution in [1.29, 1.82) is 0 Å². The summed E-state index contributed by atoms with van der Waals surface area (Å²) >= 11 is 0. The number of unbranched alkanes of at least 4 members (excludes halogenated alkanes) is 39. The Balaban J connectivity index is 3.86. The molecule has 0 fully saturated rings. The molecular weight excluding hydrogens is 924 g/mol. The van der Waals surface area contributed by atoms with Crippen LogP contribution in [0.3, 0.4) is 0 Å². The first kappa shape index (κ1) is 71.5. The summed E-state index contributed by atoms with van der Waals surface area (Å²) in [5.74, 6) is -0.183. The number of quaternary nitrogens is 1. The van der Waals surface area contributed by atoms with Crippen LogP contribution in [0.2, 0.25) is 0 Å². The molecular formula is C64H124N2O6P+. The molecule has 0 aromatic carbocycles. The summed E-state index contributed by atoms with van der Waals surface area (Å²) in [5, 5.41) is 13.9. The first-order chi connectivity index (χ1) is 35.5. The fraction of sp³-hybridized carbons (Fsp3) is 0.859. The Morgan fingerprint density at radius 1 is 0.466 bits per heavy atom. The van der Waals surface area contributed by atoms with Gasteiger partial charge in [0.05, 0.1) is 39.9 Å². The lowest BCUT2D eigenvalue weighted by Crippen LogP contribution is -2.45. The van der Waals surface area contributed by atoms with Crippen molar-refractivity contribution in [3.63, 3.8) is 0 Å². The number of hydrogen-bond donors (Lipinski definition) is 3. The van der Waals surface area contributed by atoms with Gasteiger partial charge < -0.3 is 19.8 Å². The summed E-state index contributed by atoms with van der Waals surface area (Å²) in [4.78, 5) is 23.2. The van der Waals surface area contributed by atoms with Crippen molar-refractivity contribution in [2.45, 2.75) is 315 Å². The van der Waals surface area contributed by atoms with Gasteiger partial charge in [-0.2, -0.15) is 0 Å². The van der Waals surface area contributed by atoms with Gasteiger partial charge in [-0.25, -0.2) is 4.57 Å². The Morgan fingerprint density at radius 2 is 0.795 bits per heavy atom. The number of phosphoric acid groups is 1. The molecule has 0 radical (unpaired) electrons. The minimum atomic E-state index is -4.35. The summed E-state index contributed by atoms with van der Waals surface area (Å²) in [7, 11) is 1.56. The van der Waals surface area contributed by atoms with Gasteiger partial charge in [0.1, 0.15) is 13.2 Å². The largest absolute Gasteiger partial charge is 0.472 e. The molecule has 0 aliphatic heterocycles. The number of rotatable bonds is 58. The quantitative estimate of drug-likeness (QED) is 0.0243. The molecule has 9 heteroatoms. The lowest BCUT2D eigenvalue weighted by Gasteiger charge is -2.25. The zero-order valence-electron chi connectivity index (χ0n) is 49.1. The van der Waals surface area contributed by atoms with Crippen molar-refractivity contribution in [2.75, 3.05) is 40.9 Å². The number of allylic oxidation sites excluding steroid dienone is 7. The number of aliphatic hydroxyl groups is 1. The zero-order chi connectivity index (χ0) is 53.5. The minimum Gasteiger partial charge on any atom is -0.387 e. The van der Waals surface area contributed by atoms with Gasteiger partial charge in [-0.3, -0.25) is 13.8 Å². The summed E-state index contributed by atoms with van der Waals surface area (Å²) in [6.45, 7) is 4.79. The SMILES string of the molecule is CCCCCCC/C=C\C/C=C\CCCCCCCCCCCCCCCCCCCCCCCCCCCCCC(=O)NC(COP(=O)(O)OCC[N+](C)(C)C)C(O)/C=C/CC/C=C/CCCCCCCC. The molecule has 3 N–H and O–H groups in total. The summed E-state index contributed by atoms with van der Waals surface area (Å²) in [6, 6.07) is -0.861. The Hall–Kier alpha value is -1.54. The highest BCUT2D eigenvalue weighted by atomic mass is 31.2. The van der Waals surface area contributed by atoms with Gasteiger partial charge in [-0.05, 0) is 64.2 Å². The van der Waals surface area contributed by atoms with E-state index in [1.807, 2.05) is 27.2 Å². The van der Waals surface area contributed by atoms with E-state index in [0.29, 0.717) is 17.4 Å². The van der Waals surface area contributed by atoms with Crippen LogP contribution in [0, 0.1) is 0 Å². The smallest absolute Gasteiger partial charge is 0.387 e. The number of amides is 1. The van der Waals surface area contributed by atoms with Crippen LogP contribution in [-0.2, 0) is 18.4 Å². The molecule has 0 rings (SSSR count). The van der Waals surface area contributed by atoms with Crippen LogP contribution in [0.4, 0.5) is 0 Å². The van der Waals surface area contributed by atoms with E-state index in [1.54, 1.807) is 6.08 Å². The third-order valence-electron chi connectivity index (χ3n) is 14.3. The number of phosphoric ester groups is 1. The number of aliphatic hydroxyl groups excluding tert-OH is 1. The van der Waals surface area contributed by atoms with Gasteiger partial charge in [-0.15, -0.1) is 0 Å². The third-order valence-corrected chi connectivity index (χ3v) is 15.3. The third kappa shape index (κ3) is 58.0. The summed E-state index contributed by atoms with van der Waals surface area (Å²) < 4.78 is 23.6. The minimum absolute atomic E-state index is 0.0572. The molecule has 3 unspecified atom stereocenters. The number of carbonyl (C=O) groups is 1. The molecule has 0 spiro atoms. The van der Waals surface area contributed by atoms with Crippen LogP contribution in [0.25, 0.3) is 0 Å². The lowest BCUT2D eigenvalue weighted by molar-refractivity contribution is -0.870. The average molecular weight is 1050 g/mol. The van der Waals surface area contributed by atoms with Crippen molar-refractivity contribution >= 4 is 13.7 Å².